The third kappa shape index (κ3) is 5.23. The van der Waals surface area contributed by atoms with Gasteiger partial charge in [-0.15, -0.1) is 0 Å². The Hall–Kier alpha value is -1.57. The Morgan fingerprint density at radius 3 is 2.35 bits per heavy atom. The molecule has 0 aromatic heterocycles. The number of halogens is 2. The van der Waals surface area contributed by atoms with Crippen LogP contribution in [-0.4, -0.2) is 85.2 Å². The fourth-order valence-electron chi connectivity index (χ4n) is 2.68. The fraction of sp³-hybridized carbons (Fsp3) is 0.562. The molecular formula is C16H23F2N3O2. The van der Waals surface area contributed by atoms with E-state index in [9.17, 15) is 18.7 Å². The molecule has 5 nitrogen and oxygen atoms in total. The van der Waals surface area contributed by atoms with Crippen molar-refractivity contribution in [3.05, 3.63) is 35.4 Å². The second kappa shape index (κ2) is 7.81. The predicted molar refractivity (Wildman–Crippen MR) is 83.3 cm³/mol. The molecule has 1 saturated heterocycles. The average molecular weight is 327 g/mol. The number of amides is 1. The van der Waals surface area contributed by atoms with E-state index in [1.54, 1.807) is 0 Å². The highest BCUT2D eigenvalue weighted by molar-refractivity contribution is 5.94. The van der Waals surface area contributed by atoms with E-state index < -0.39 is 23.6 Å². The van der Waals surface area contributed by atoms with E-state index in [0.717, 1.165) is 44.4 Å². The van der Waals surface area contributed by atoms with E-state index in [0.29, 0.717) is 6.54 Å². The van der Waals surface area contributed by atoms with Crippen LogP contribution >= 0.6 is 0 Å². The zero-order valence-electron chi connectivity index (χ0n) is 13.5. The summed E-state index contributed by atoms with van der Waals surface area (Å²) in [4.78, 5) is 17.8. The Morgan fingerprint density at radius 1 is 1.22 bits per heavy atom. The van der Waals surface area contributed by atoms with Crippen LogP contribution in [-0.2, 0) is 0 Å². The molecular weight excluding hydrogens is 304 g/mol. The molecule has 1 N–H and O–H groups in total. The molecule has 0 bridgehead atoms. The lowest BCUT2D eigenvalue weighted by Crippen LogP contribution is -2.49. The number of rotatable bonds is 5. The molecule has 1 aliphatic heterocycles. The van der Waals surface area contributed by atoms with Gasteiger partial charge in [-0.1, -0.05) is 0 Å². The zero-order chi connectivity index (χ0) is 17.0. The molecule has 0 saturated carbocycles. The van der Waals surface area contributed by atoms with Gasteiger partial charge in [-0.3, -0.25) is 9.69 Å². The number of nitrogens with zero attached hydrogens (tertiary/aromatic N) is 3. The summed E-state index contributed by atoms with van der Waals surface area (Å²) in [5.74, 6) is -2.10. The standard InChI is InChI=1S/C16H23F2N3O2/c1-19-3-5-21(6-4-19)11-15(22)10-20(2)16(23)12-7-13(17)9-14(18)8-12/h7-9,15,22H,3-6,10-11H2,1-2H3. The third-order valence-electron chi connectivity index (χ3n) is 4.01. The van der Waals surface area contributed by atoms with Gasteiger partial charge in [0.05, 0.1) is 6.10 Å². The number of hydrogen-bond donors (Lipinski definition) is 1. The zero-order valence-corrected chi connectivity index (χ0v) is 13.5. The third-order valence-corrected chi connectivity index (χ3v) is 4.01. The van der Waals surface area contributed by atoms with Crippen molar-refractivity contribution in [2.75, 3.05) is 53.4 Å². The smallest absolute Gasteiger partial charge is 0.253 e. The molecule has 7 heteroatoms. The minimum atomic E-state index is -0.792. The number of β-amino-alcohol motifs (C(OH)–C–C–N with tert-alkyl or cyclic N) is 1. The molecule has 0 aliphatic carbocycles. The van der Waals surface area contributed by atoms with Crippen molar-refractivity contribution in [1.29, 1.82) is 0 Å². The Balaban J connectivity index is 1.87. The first kappa shape index (κ1) is 17.8. The highest BCUT2D eigenvalue weighted by Gasteiger charge is 2.20. The summed E-state index contributed by atoms with van der Waals surface area (Å²) in [6.45, 7) is 4.24. The quantitative estimate of drug-likeness (QED) is 0.862. The number of likely N-dealkylation sites (N-methyl/N-ethyl adjacent to an activating group) is 2. The lowest BCUT2D eigenvalue weighted by atomic mass is 10.1. The minimum Gasteiger partial charge on any atom is -0.390 e. The first-order valence-electron chi connectivity index (χ1n) is 7.65. The van der Waals surface area contributed by atoms with Crippen LogP contribution < -0.4 is 0 Å². The molecule has 2 rings (SSSR count). The highest BCUT2D eigenvalue weighted by Crippen LogP contribution is 2.11. The fourth-order valence-corrected chi connectivity index (χ4v) is 2.68. The second-order valence-corrected chi connectivity index (χ2v) is 6.10. The van der Waals surface area contributed by atoms with Gasteiger partial charge in [-0.05, 0) is 19.2 Å². The van der Waals surface area contributed by atoms with Crippen molar-refractivity contribution in [3.63, 3.8) is 0 Å². The largest absolute Gasteiger partial charge is 0.390 e. The molecule has 23 heavy (non-hydrogen) atoms. The van der Waals surface area contributed by atoms with E-state index >= 15 is 0 Å². The monoisotopic (exact) mass is 327 g/mol. The average Bonchev–Trinajstić information content (AvgIpc) is 2.47. The van der Waals surface area contributed by atoms with Crippen LogP contribution in [0, 0.1) is 11.6 Å². The topological polar surface area (TPSA) is 47.0 Å². The van der Waals surface area contributed by atoms with Crippen molar-refractivity contribution in [3.8, 4) is 0 Å². The Bertz CT molecular complexity index is 528. The van der Waals surface area contributed by atoms with Gasteiger partial charge < -0.3 is 14.9 Å². The molecule has 1 atom stereocenters. The van der Waals surface area contributed by atoms with Gasteiger partial charge in [0.1, 0.15) is 11.6 Å². The number of benzene rings is 1. The lowest BCUT2D eigenvalue weighted by Gasteiger charge is -2.34. The predicted octanol–water partition coefficient (Wildman–Crippen LogP) is 0.645. The van der Waals surface area contributed by atoms with Crippen LogP contribution in [0.1, 0.15) is 10.4 Å². The van der Waals surface area contributed by atoms with Crippen molar-refractivity contribution in [1.82, 2.24) is 14.7 Å². The van der Waals surface area contributed by atoms with Gasteiger partial charge in [-0.25, -0.2) is 8.78 Å². The summed E-state index contributed by atoms with van der Waals surface area (Å²) in [7, 11) is 3.57. The summed E-state index contributed by atoms with van der Waals surface area (Å²) in [6.07, 6.45) is -0.703. The van der Waals surface area contributed by atoms with E-state index in [2.05, 4.69) is 16.8 Å². The van der Waals surface area contributed by atoms with Gasteiger partial charge in [0, 0.05) is 57.9 Å². The van der Waals surface area contributed by atoms with E-state index in [-0.39, 0.29) is 12.1 Å². The SMILES string of the molecule is CN1CCN(CC(O)CN(C)C(=O)c2cc(F)cc(F)c2)CC1. The first-order chi connectivity index (χ1) is 10.8. The molecule has 0 radical (unpaired) electrons. The summed E-state index contributed by atoms with van der Waals surface area (Å²) in [5, 5.41) is 10.1. The molecule has 1 aromatic rings. The van der Waals surface area contributed by atoms with Crippen LogP contribution in [0.3, 0.4) is 0 Å². The van der Waals surface area contributed by atoms with E-state index in [1.165, 1.54) is 11.9 Å². The molecule has 1 heterocycles. The summed E-state index contributed by atoms with van der Waals surface area (Å²) in [6, 6.07) is 2.71. The summed E-state index contributed by atoms with van der Waals surface area (Å²) < 4.78 is 26.4. The van der Waals surface area contributed by atoms with Crippen LogP contribution in [0.2, 0.25) is 0 Å². The summed E-state index contributed by atoms with van der Waals surface area (Å²) in [5.41, 5.74) is -0.0585. The van der Waals surface area contributed by atoms with Crippen molar-refractivity contribution in [2.45, 2.75) is 6.10 Å². The van der Waals surface area contributed by atoms with Crippen molar-refractivity contribution >= 4 is 5.91 Å². The molecule has 1 aromatic carbocycles. The van der Waals surface area contributed by atoms with E-state index in [1.807, 2.05) is 0 Å². The Kier molecular flexibility index (Phi) is 6.04. The summed E-state index contributed by atoms with van der Waals surface area (Å²) >= 11 is 0. The second-order valence-electron chi connectivity index (χ2n) is 6.10. The maximum absolute atomic E-state index is 13.2. The van der Waals surface area contributed by atoms with Crippen LogP contribution in [0.4, 0.5) is 8.78 Å². The first-order valence-corrected chi connectivity index (χ1v) is 7.65. The molecule has 1 unspecified atom stereocenters. The number of hydrogen-bond acceptors (Lipinski definition) is 4. The maximum atomic E-state index is 13.2. The van der Waals surface area contributed by atoms with Gasteiger partial charge in [-0.2, -0.15) is 0 Å². The van der Waals surface area contributed by atoms with Crippen LogP contribution in [0.15, 0.2) is 18.2 Å². The lowest BCUT2D eigenvalue weighted by molar-refractivity contribution is 0.0501. The Morgan fingerprint density at radius 2 is 1.78 bits per heavy atom. The van der Waals surface area contributed by atoms with Gasteiger partial charge >= 0.3 is 0 Å². The number of piperazine rings is 1. The normalized spacial score (nSPS) is 18.0. The van der Waals surface area contributed by atoms with E-state index in [4.69, 9.17) is 0 Å². The minimum absolute atomic E-state index is 0.0585. The van der Waals surface area contributed by atoms with Gasteiger partial charge in [0.2, 0.25) is 0 Å². The number of carbonyl (C=O) groups excluding carboxylic acids is 1. The number of carbonyl (C=O) groups is 1. The molecule has 1 fully saturated rings. The molecule has 0 spiro atoms. The molecule has 1 amide bonds. The molecule has 128 valence electrons. The maximum Gasteiger partial charge on any atom is 0.253 e. The van der Waals surface area contributed by atoms with Gasteiger partial charge in [0.25, 0.3) is 5.91 Å². The van der Waals surface area contributed by atoms with Gasteiger partial charge in [0.15, 0.2) is 0 Å². The highest BCUT2D eigenvalue weighted by atomic mass is 19.1. The van der Waals surface area contributed by atoms with Crippen molar-refractivity contribution in [2.24, 2.45) is 0 Å². The Labute approximate surface area is 135 Å². The van der Waals surface area contributed by atoms with Crippen LogP contribution in [0.5, 0.6) is 0 Å². The number of aliphatic hydroxyl groups excluding tert-OH is 1. The van der Waals surface area contributed by atoms with Crippen molar-refractivity contribution < 1.29 is 18.7 Å². The number of aliphatic hydroxyl groups is 1. The molecule has 1 aliphatic rings. The van der Waals surface area contributed by atoms with Crippen LogP contribution in [0.25, 0.3) is 0 Å².